The molecule has 1 fully saturated rings. The van der Waals surface area contributed by atoms with Gasteiger partial charge in [0.05, 0.1) is 11.3 Å². The summed E-state index contributed by atoms with van der Waals surface area (Å²) in [6.07, 6.45) is -2.47. The van der Waals surface area contributed by atoms with E-state index in [1.165, 1.54) is 0 Å². The Bertz CT molecular complexity index is 1450. The molecule has 2 aromatic carbocycles. The fourth-order valence-corrected chi connectivity index (χ4v) is 4.44. The van der Waals surface area contributed by atoms with Crippen molar-refractivity contribution in [2.24, 2.45) is 0 Å². The van der Waals surface area contributed by atoms with Gasteiger partial charge in [-0.1, -0.05) is 36.4 Å². The van der Waals surface area contributed by atoms with Crippen LogP contribution in [0.2, 0.25) is 0 Å². The van der Waals surface area contributed by atoms with Gasteiger partial charge in [0, 0.05) is 43.9 Å². The molecule has 0 saturated carbocycles. The van der Waals surface area contributed by atoms with E-state index in [0.717, 1.165) is 16.4 Å². The van der Waals surface area contributed by atoms with Crippen LogP contribution in [0.4, 0.5) is 18.0 Å². The van der Waals surface area contributed by atoms with Gasteiger partial charge < -0.3 is 20.0 Å². The van der Waals surface area contributed by atoms with E-state index in [9.17, 15) is 22.8 Å². The normalized spacial score (nSPS) is 14.2. The van der Waals surface area contributed by atoms with Gasteiger partial charge in [-0.05, 0) is 37.1 Å². The maximum absolute atomic E-state index is 13.5. The van der Waals surface area contributed by atoms with Crippen LogP contribution >= 0.6 is 0 Å². The number of amides is 3. The van der Waals surface area contributed by atoms with Gasteiger partial charge in [-0.25, -0.2) is 9.48 Å². The molecule has 5 rings (SSSR count). The molecule has 2 N–H and O–H groups in total. The minimum absolute atomic E-state index is 0.0351. The highest BCUT2D eigenvalue weighted by atomic mass is 19.4. The quantitative estimate of drug-likeness (QED) is 0.330. The minimum Gasteiger partial charge on any atom is -0.420 e. The molecule has 3 heterocycles. The van der Waals surface area contributed by atoms with E-state index < -0.39 is 23.3 Å². The van der Waals surface area contributed by atoms with Gasteiger partial charge in [-0.2, -0.15) is 18.3 Å². The van der Waals surface area contributed by atoms with Crippen molar-refractivity contribution in [1.82, 2.24) is 35.5 Å². The lowest BCUT2D eigenvalue weighted by Crippen LogP contribution is -2.46. The molecule has 10 nitrogen and oxygen atoms in total. The topological polar surface area (TPSA) is 118 Å². The predicted molar refractivity (Wildman–Crippen MR) is 138 cm³/mol. The van der Waals surface area contributed by atoms with Gasteiger partial charge in [0.1, 0.15) is 0 Å². The SMILES string of the molecule is O=C(NCCNC(=O)N1CCC(c2nnc(-c3ccccc3)o2)CC1)c1cn(-c2ccccc2)nc1C(F)(F)F. The van der Waals surface area contributed by atoms with E-state index in [-0.39, 0.29) is 25.0 Å². The summed E-state index contributed by atoms with van der Waals surface area (Å²) in [5, 5.41) is 17.0. The van der Waals surface area contributed by atoms with Crippen molar-refractivity contribution < 1.29 is 27.2 Å². The lowest BCUT2D eigenvalue weighted by molar-refractivity contribution is -0.141. The molecule has 0 spiro atoms. The minimum atomic E-state index is -4.81. The lowest BCUT2D eigenvalue weighted by atomic mass is 9.97. The van der Waals surface area contributed by atoms with Gasteiger partial charge in [0.2, 0.25) is 11.8 Å². The summed E-state index contributed by atoms with van der Waals surface area (Å²) in [5.41, 5.74) is -0.650. The molecule has 13 heteroatoms. The van der Waals surface area contributed by atoms with Crippen molar-refractivity contribution in [3.8, 4) is 17.1 Å². The number of carbonyl (C=O) groups excluding carboxylic acids is 2. The number of likely N-dealkylation sites (tertiary alicyclic amines) is 1. The van der Waals surface area contributed by atoms with Crippen LogP contribution in [0.5, 0.6) is 0 Å². The van der Waals surface area contributed by atoms with Gasteiger partial charge in [0.25, 0.3) is 5.91 Å². The first-order valence-electron chi connectivity index (χ1n) is 12.7. The van der Waals surface area contributed by atoms with Crippen LogP contribution in [-0.4, -0.2) is 63.0 Å². The van der Waals surface area contributed by atoms with Gasteiger partial charge in [0.15, 0.2) is 5.69 Å². The number of halogens is 3. The van der Waals surface area contributed by atoms with Crippen molar-refractivity contribution in [3.05, 3.63) is 84.0 Å². The van der Waals surface area contributed by atoms with Gasteiger partial charge in [-0.3, -0.25) is 4.79 Å². The Labute approximate surface area is 227 Å². The number of nitrogens with zero attached hydrogens (tertiary/aromatic N) is 5. The van der Waals surface area contributed by atoms with Crippen LogP contribution in [0.15, 0.2) is 71.3 Å². The Morgan fingerprint density at radius 1 is 0.925 bits per heavy atom. The third-order valence-corrected chi connectivity index (χ3v) is 6.53. The summed E-state index contributed by atoms with van der Waals surface area (Å²) in [4.78, 5) is 26.8. The first kappa shape index (κ1) is 26.9. The molecular formula is C27H26F3N7O3. The molecule has 3 amide bonds. The summed E-state index contributed by atoms with van der Waals surface area (Å²) >= 11 is 0. The van der Waals surface area contributed by atoms with Crippen molar-refractivity contribution in [3.63, 3.8) is 0 Å². The number of hydrogen-bond acceptors (Lipinski definition) is 6. The number of alkyl halides is 3. The van der Waals surface area contributed by atoms with E-state index in [2.05, 4.69) is 25.9 Å². The van der Waals surface area contributed by atoms with E-state index in [4.69, 9.17) is 4.42 Å². The molecule has 0 radical (unpaired) electrons. The van der Waals surface area contributed by atoms with Crippen molar-refractivity contribution in [1.29, 1.82) is 0 Å². The molecule has 40 heavy (non-hydrogen) atoms. The smallest absolute Gasteiger partial charge is 0.420 e. The summed E-state index contributed by atoms with van der Waals surface area (Å²) in [6.45, 7) is 0.931. The van der Waals surface area contributed by atoms with E-state index in [1.807, 2.05) is 30.3 Å². The first-order chi connectivity index (χ1) is 19.3. The van der Waals surface area contributed by atoms with E-state index in [1.54, 1.807) is 35.2 Å². The van der Waals surface area contributed by atoms with Gasteiger partial charge >= 0.3 is 12.2 Å². The molecule has 2 aromatic heterocycles. The number of piperidine rings is 1. The summed E-state index contributed by atoms with van der Waals surface area (Å²) in [7, 11) is 0. The molecule has 208 valence electrons. The molecule has 4 aromatic rings. The first-order valence-corrected chi connectivity index (χ1v) is 12.7. The van der Waals surface area contributed by atoms with Crippen molar-refractivity contribution >= 4 is 11.9 Å². The number of rotatable bonds is 7. The number of carbonyl (C=O) groups is 2. The molecule has 1 aliphatic heterocycles. The Morgan fingerprint density at radius 2 is 1.57 bits per heavy atom. The van der Waals surface area contributed by atoms with Crippen LogP contribution in [0.1, 0.15) is 40.7 Å². The predicted octanol–water partition coefficient (Wildman–Crippen LogP) is 4.26. The van der Waals surface area contributed by atoms with Crippen LogP contribution in [0.25, 0.3) is 17.1 Å². The number of urea groups is 1. The second-order valence-corrected chi connectivity index (χ2v) is 9.23. The van der Waals surface area contributed by atoms with Crippen LogP contribution in [0, 0.1) is 0 Å². The third kappa shape index (κ3) is 6.14. The number of para-hydroxylation sites is 1. The highest BCUT2D eigenvalue weighted by molar-refractivity contribution is 5.95. The molecule has 1 aliphatic rings. The Balaban J connectivity index is 1.09. The standard InChI is InChI=1S/C27H26F3N7O3/c28-27(29,30)22-21(17-37(35-22)20-9-5-2-6-10-20)23(38)31-13-14-32-26(39)36-15-11-19(12-16-36)25-34-33-24(40-25)18-7-3-1-4-8-18/h1-10,17,19H,11-16H2,(H,31,38)(H,32,39). The molecule has 0 unspecified atom stereocenters. The fourth-order valence-electron chi connectivity index (χ4n) is 4.44. The Hall–Kier alpha value is -4.68. The number of nitrogens with one attached hydrogen (secondary N) is 2. The number of hydrogen-bond donors (Lipinski definition) is 2. The van der Waals surface area contributed by atoms with Gasteiger partial charge in [-0.15, -0.1) is 10.2 Å². The molecule has 0 bridgehead atoms. The Kier molecular flexibility index (Phi) is 7.80. The summed E-state index contributed by atoms with van der Waals surface area (Å²) in [6, 6.07) is 17.3. The summed E-state index contributed by atoms with van der Waals surface area (Å²) in [5.74, 6) is 0.0925. The van der Waals surface area contributed by atoms with Crippen LogP contribution in [-0.2, 0) is 6.18 Å². The maximum Gasteiger partial charge on any atom is 0.435 e. The monoisotopic (exact) mass is 553 g/mol. The molecule has 0 atom stereocenters. The highest BCUT2D eigenvalue weighted by Gasteiger charge is 2.39. The Morgan fingerprint density at radius 3 is 2.25 bits per heavy atom. The number of benzene rings is 2. The average molecular weight is 554 g/mol. The number of aromatic nitrogens is 4. The van der Waals surface area contributed by atoms with E-state index in [0.29, 0.717) is 43.4 Å². The second-order valence-electron chi connectivity index (χ2n) is 9.23. The maximum atomic E-state index is 13.5. The zero-order valence-electron chi connectivity index (χ0n) is 21.3. The zero-order valence-corrected chi connectivity index (χ0v) is 21.3. The molecule has 0 aliphatic carbocycles. The second kappa shape index (κ2) is 11.6. The third-order valence-electron chi connectivity index (χ3n) is 6.53. The average Bonchev–Trinajstić information content (AvgIpc) is 3.65. The molecule has 1 saturated heterocycles. The lowest BCUT2D eigenvalue weighted by Gasteiger charge is -2.30. The largest absolute Gasteiger partial charge is 0.435 e. The van der Waals surface area contributed by atoms with Crippen molar-refractivity contribution in [2.45, 2.75) is 24.9 Å². The molecular weight excluding hydrogens is 527 g/mol. The van der Waals surface area contributed by atoms with Crippen LogP contribution < -0.4 is 10.6 Å². The fraction of sp³-hybridized carbons (Fsp3) is 0.296. The van der Waals surface area contributed by atoms with Crippen LogP contribution in [0.3, 0.4) is 0 Å². The van der Waals surface area contributed by atoms with Crippen molar-refractivity contribution in [2.75, 3.05) is 26.2 Å². The van der Waals surface area contributed by atoms with E-state index >= 15 is 0 Å². The highest BCUT2D eigenvalue weighted by Crippen LogP contribution is 2.32. The zero-order chi connectivity index (χ0) is 28.1. The summed E-state index contributed by atoms with van der Waals surface area (Å²) < 4.78 is 47.4.